The zero-order valence-electron chi connectivity index (χ0n) is 5.47. The molecule has 1 unspecified atom stereocenters. The standard InChI is InChI=1S/C6H13NOS/c8-5-6-1-3-9-4-2-7-6/h6-8H,1-5H2. The van der Waals surface area contributed by atoms with E-state index in [0.717, 1.165) is 13.0 Å². The summed E-state index contributed by atoms with van der Waals surface area (Å²) < 4.78 is 0. The number of thioether (sulfide) groups is 1. The van der Waals surface area contributed by atoms with Crippen molar-refractivity contribution in [2.75, 3.05) is 24.7 Å². The van der Waals surface area contributed by atoms with Gasteiger partial charge in [0.05, 0.1) is 6.61 Å². The van der Waals surface area contributed by atoms with E-state index in [-0.39, 0.29) is 0 Å². The van der Waals surface area contributed by atoms with Crippen LogP contribution in [0.2, 0.25) is 0 Å². The average molecular weight is 147 g/mol. The summed E-state index contributed by atoms with van der Waals surface area (Å²) >= 11 is 1.96. The molecule has 0 amide bonds. The van der Waals surface area contributed by atoms with Crippen molar-refractivity contribution in [3.63, 3.8) is 0 Å². The fourth-order valence-electron chi connectivity index (χ4n) is 0.921. The van der Waals surface area contributed by atoms with Crippen molar-refractivity contribution in [1.29, 1.82) is 0 Å². The van der Waals surface area contributed by atoms with Gasteiger partial charge in [-0.2, -0.15) is 11.8 Å². The molecule has 0 spiro atoms. The Hall–Kier alpha value is 0.270. The molecule has 2 nitrogen and oxygen atoms in total. The van der Waals surface area contributed by atoms with Gasteiger partial charge in [-0.25, -0.2) is 0 Å². The molecule has 3 heteroatoms. The molecule has 1 fully saturated rings. The van der Waals surface area contributed by atoms with Crippen LogP contribution in [0.15, 0.2) is 0 Å². The van der Waals surface area contributed by atoms with Crippen LogP contribution < -0.4 is 5.32 Å². The van der Waals surface area contributed by atoms with E-state index in [1.807, 2.05) is 11.8 Å². The first kappa shape index (κ1) is 7.38. The second-order valence-electron chi connectivity index (χ2n) is 2.23. The quantitative estimate of drug-likeness (QED) is 0.550. The molecule has 54 valence electrons. The highest BCUT2D eigenvalue weighted by molar-refractivity contribution is 7.99. The lowest BCUT2D eigenvalue weighted by atomic mass is 10.2. The molecule has 0 bridgehead atoms. The first-order valence-electron chi connectivity index (χ1n) is 3.35. The van der Waals surface area contributed by atoms with Gasteiger partial charge in [0.1, 0.15) is 0 Å². The van der Waals surface area contributed by atoms with Crippen molar-refractivity contribution in [3.8, 4) is 0 Å². The van der Waals surface area contributed by atoms with Crippen LogP contribution >= 0.6 is 11.8 Å². The predicted octanol–water partition coefficient (Wildman–Crippen LogP) is 0.0738. The molecule has 1 heterocycles. The maximum atomic E-state index is 8.74. The van der Waals surface area contributed by atoms with E-state index in [9.17, 15) is 0 Å². The van der Waals surface area contributed by atoms with Crippen LogP contribution in [0.4, 0.5) is 0 Å². The summed E-state index contributed by atoms with van der Waals surface area (Å²) in [7, 11) is 0. The molecular weight excluding hydrogens is 134 g/mol. The van der Waals surface area contributed by atoms with Gasteiger partial charge in [-0.3, -0.25) is 0 Å². The topological polar surface area (TPSA) is 32.3 Å². The minimum absolute atomic E-state index is 0.292. The summed E-state index contributed by atoms with van der Waals surface area (Å²) in [6.07, 6.45) is 1.11. The van der Waals surface area contributed by atoms with Crippen LogP contribution in [0, 0.1) is 0 Å². The fraction of sp³-hybridized carbons (Fsp3) is 1.00. The summed E-state index contributed by atoms with van der Waals surface area (Å²) in [6, 6.07) is 0.361. The fourth-order valence-corrected chi connectivity index (χ4v) is 1.84. The summed E-state index contributed by atoms with van der Waals surface area (Å²) in [4.78, 5) is 0. The van der Waals surface area contributed by atoms with E-state index >= 15 is 0 Å². The lowest BCUT2D eigenvalue weighted by Gasteiger charge is -2.09. The first-order chi connectivity index (χ1) is 4.43. The van der Waals surface area contributed by atoms with Gasteiger partial charge in [-0.15, -0.1) is 0 Å². The summed E-state index contributed by atoms with van der Waals surface area (Å²) in [5.41, 5.74) is 0. The maximum Gasteiger partial charge on any atom is 0.0584 e. The molecule has 1 rings (SSSR count). The third kappa shape index (κ3) is 2.56. The maximum absolute atomic E-state index is 8.74. The third-order valence-corrected chi connectivity index (χ3v) is 2.53. The zero-order valence-corrected chi connectivity index (χ0v) is 6.28. The van der Waals surface area contributed by atoms with E-state index in [2.05, 4.69) is 5.32 Å². The van der Waals surface area contributed by atoms with Crippen molar-refractivity contribution in [3.05, 3.63) is 0 Å². The molecule has 2 N–H and O–H groups in total. The lowest BCUT2D eigenvalue weighted by Crippen LogP contribution is -2.32. The van der Waals surface area contributed by atoms with Gasteiger partial charge in [0, 0.05) is 18.3 Å². The second-order valence-corrected chi connectivity index (χ2v) is 3.46. The van der Waals surface area contributed by atoms with Gasteiger partial charge in [0.15, 0.2) is 0 Å². The van der Waals surface area contributed by atoms with Crippen molar-refractivity contribution in [2.45, 2.75) is 12.5 Å². The van der Waals surface area contributed by atoms with Crippen molar-refractivity contribution >= 4 is 11.8 Å². The van der Waals surface area contributed by atoms with Crippen LogP contribution in [0.3, 0.4) is 0 Å². The Morgan fingerprint density at radius 3 is 3.22 bits per heavy atom. The monoisotopic (exact) mass is 147 g/mol. The SMILES string of the molecule is OCC1CCSCCN1. The van der Waals surface area contributed by atoms with Crippen LogP contribution in [0.25, 0.3) is 0 Å². The summed E-state index contributed by atoms with van der Waals surface area (Å²) in [6.45, 7) is 1.34. The second kappa shape index (κ2) is 4.14. The average Bonchev–Trinajstić information content (AvgIpc) is 2.13. The molecule has 1 atom stereocenters. The molecule has 0 aromatic rings. The summed E-state index contributed by atoms with van der Waals surface area (Å²) in [5.74, 6) is 2.38. The minimum atomic E-state index is 0.292. The Labute approximate surface area is 60.0 Å². The molecule has 1 saturated heterocycles. The molecule has 9 heavy (non-hydrogen) atoms. The number of nitrogens with one attached hydrogen (secondary N) is 1. The van der Waals surface area contributed by atoms with Crippen LogP contribution in [-0.4, -0.2) is 35.8 Å². The number of aliphatic hydroxyl groups is 1. The van der Waals surface area contributed by atoms with Gasteiger partial charge >= 0.3 is 0 Å². The van der Waals surface area contributed by atoms with E-state index < -0.39 is 0 Å². The number of aliphatic hydroxyl groups excluding tert-OH is 1. The molecule has 0 aliphatic carbocycles. The number of hydrogen-bond donors (Lipinski definition) is 2. The van der Waals surface area contributed by atoms with Gasteiger partial charge in [-0.05, 0) is 12.2 Å². The molecule has 0 radical (unpaired) electrons. The van der Waals surface area contributed by atoms with Crippen LogP contribution in [0.5, 0.6) is 0 Å². The highest BCUT2D eigenvalue weighted by Crippen LogP contribution is 2.07. The van der Waals surface area contributed by atoms with E-state index in [4.69, 9.17) is 5.11 Å². The smallest absolute Gasteiger partial charge is 0.0584 e. The van der Waals surface area contributed by atoms with Crippen molar-refractivity contribution in [1.82, 2.24) is 5.32 Å². The zero-order chi connectivity index (χ0) is 6.53. The van der Waals surface area contributed by atoms with Gasteiger partial charge in [0.2, 0.25) is 0 Å². The van der Waals surface area contributed by atoms with Crippen molar-refractivity contribution in [2.24, 2.45) is 0 Å². The highest BCUT2D eigenvalue weighted by atomic mass is 32.2. The Kier molecular flexibility index (Phi) is 3.40. The van der Waals surface area contributed by atoms with Crippen molar-refractivity contribution < 1.29 is 5.11 Å². The van der Waals surface area contributed by atoms with Crippen LogP contribution in [-0.2, 0) is 0 Å². The Morgan fingerprint density at radius 1 is 1.56 bits per heavy atom. The van der Waals surface area contributed by atoms with E-state index in [1.54, 1.807) is 0 Å². The Morgan fingerprint density at radius 2 is 2.44 bits per heavy atom. The molecule has 0 aromatic heterocycles. The molecular formula is C6H13NOS. The largest absolute Gasteiger partial charge is 0.395 e. The predicted molar refractivity (Wildman–Crippen MR) is 40.8 cm³/mol. The molecule has 1 aliphatic heterocycles. The molecule has 0 aromatic carbocycles. The lowest BCUT2D eigenvalue weighted by molar-refractivity contribution is 0.243. The highest BCUT2D eigenvalue weighted by Gasteiger charge is 2.08. The molecule has 1 aliphatic rings. The Balaban J connectivity index is 2.18. The molecule has 0 saturated carbocycles. The van der Waals surface area contributed by atoms with Gasteiger partial charge < -0.3 is 10.4 Å². The summed E-state index contributed by atoms with van der Waals surface area (Å²) in [5, 5.41) is 12.0. The van der Waals surface area contributed by atoms with Gasteiger partial charge in [-0.1, -0.05) is 0 Å². The van der Waals surface area contributed by atoms with Gasteiger partial charge in [0.25, 0.3) is 0 Å². The number of hydrogen-bond acceptors (Lipinski definition) is 3. The van der Waals surface area contributed by atoms with Crippen LogP contribution in [0.1, 0.15) is 6.42 Å². The number of rotatable bonds is 1. The minimum Gasteiger partial charge on any atom is -0.395 e. The normalized spacial score (nSPS) is 29.7. The van der Waals surface area contributed by atoms with E-state index in [0.29, 0.717) is 12.6 Å². The Bertz CT molecular complexity index is 71.5. The first-order valence-corrected chi connectivity index (χ1v) is 4.51. The third-order valence-electron chi connectivity index (χ3n) is 1.51. The van der Waals surface area contributed by atoms with E-state index in [1.165, 1.54) is 11.5 Å².